The first-order valence-corrected chi connectivity index (χ1v) is 6.72. The largest absolute Gasteiger partial charge is 0.522 e. The molecular weight excluding hydrogens is 307 g/mol. The Hall–Kier alpha value is -1.51. The van der Waals surface area contributed by atoms with Gasteiger partial charge in [0.2, 0.25) is 0 Å². The van der Waals surface area contributed by atoms with Gasteiger partial charge in [-0.1, -0.05) is 6.92 Å². The first-order chi connectivity index (χ1) is 9.81. The maximum absolute atomic E-state index is 12.0. The van der Waals surface area contributed by atoms with Crippen LogP contribution in [0.25, 0.3) is 0 Å². The zero-order chi connectivity index (χ0) is 17.6. The third-order valence-corrected chi connectivity index (χ3v) is 2.95. The number of hydrogen-bond acceptors (Lipinski definition) is 4. The van der Waals surface area contributed by atoms with Crippen molar-refractivity contribution in [3.05, 3.63) is 0 Å². The molecule has 0 aliphatic carbocycles. The number of carboxylic acids is 1. The summed E-state index contributed by atoms with van der Waals surface area (Å²) in [5.41, 5.74) is -2.32. The van der Waals surface area contributed by atoms with Crippen molar-refractivity contribution in [1.82, 2.24) is 5.32 Å². The van der Waals surface area contributed by atoms with Gasteiger partial charge in [0, 0.05) is 6.54 Å². The molecule has 0 bridgehead atoms. The van der Waals surface area contributed by atoms with E-state index >= 15 is 0 Å². The average Bonchev–Trinajstić information content (AvgIpc) is 2.29. The van der Waals surface area contributed by atoms with Crippen LogP contribution in [0.3, 0.4) is 0 Å². The topological polar surface area (TPSA) is 84.9 Å². The van der Waals surface area contributed by atoms with E-state index in [0.717, 1.165) is 0 Å². The molecule has 1 unspecified atom stereocenters. The van der Waals surface area contributed by atoms with E-state index in [0.29, 0.717) is 0 Å². The Labute approximate surface area is 127 Å². The fourth-order valence-electron chi connectivity index (χ4n) is 1.64. The van der Waals surface area contributed by atoms with Crippen molar-refractivity contribution >= 4 is 12.1 Å². The summed E-state index contributed by atoms with van der Waals surface area (Å²) in [5.74, 6) is -1.31. The summed E-state index contributed by atoms with van der Waals surface area (Å²) in [6.07, 6.45) is -6.02. The van der Waals surface area contributed by atoms with Gasteiger partial charge in [0.1, 0.15) is 5.60 Å². The highest BCUT2D eigenvalue weighted by Crippen LogP contribution is 2.28. The van der Waals surface area contributed by atoms with Gasteiger partial charge >= 0.3 is 18.4 Å². The minimum absolute atomic E-state index is 0.0271. The fourth-order valence-corrected chi connectivity index (χ4v) is 1.64. The first kappa shape index (κ1) is 20.5. The SMILES string of the molecule is CCC(CCOC(F)(F)F)(CNC(=O)OC(C)(C)C)C(=O)O. The molecule has 1 atom stereocenters. The van der Waals surface area contributed by atoms with Crippen molar-refractivity contribution in [3.8, 4) is 0 Å². The van der Waals surface area contributed by atoms with Gasteiger partial charge in [-0.25, -0.2) is 4.79 Å². The molecule has 0 aromatic rings. The quantitative estimate of drug-likeness (QED) is 0.750. The highest BCUT2D eigenvalue weighted by molar-refractivity contribution is 5.76. The molecule has 9 heteroatoms. The summed E-state index contributed by atoms with van der Waals surface area (Å²) in [4.78, 5) is 22.9. The van der Waals surface area contributed by atoms with Crippen LogP contribution in [0, 0.1) is 5.41 Å². The van der Waals surface area contributed by atoms with E-state index in [2.05, 4.69) is 10.1 Å². The molecule has 0 saturated carbocycles. The minimum Gasteiger partial charge on any atom is -0.481 e. The van der Waals surface area contributed by atoms with Crippen LogP contribution in [0.1, 0.15) is 40.5 Å². The van der Waals surface area contributed by atoms with Crippen LogP contribution < -0.4 is 5.32 Å². The molecule has 0 radical (unpaired) electrons. The van der Waals surface area contributed by atoms with Gasteiger partial charge in [0.05, 0.1) is 12.0 Å². The summed E-state index contributed by atoms with van der Waals surface area (Å²) in [5, 5.41) is 11.6. The molecule has 2 N–H and O–H groups in total. The Morgan fingerprint density at radius 1 is 1.18 bits per heavy atom. The maximum Gasteiger partial charge on any atom is 0.522 e. The predicted molar refractivity (Wildman–Crippen MR) is 71.2 cm³/mol. The van der Waals surface area contributed by atoms with E-state index in [1.807, 2.05) is 0 Å². The Morgan fingerprint density at radius 2 is 1.73 bits per heavy atom. The lowest BCUT2D eigenvalue weighted by Gasteiger charge is -2.29. The second-order valence-corrected chi connectivity index (χ2v) is 5.84. The molecule has 0 fully saturated rings. The van der Waals surface area contributed by atoms with Crippen LogP contribution in [-0.2, 0) is 14.3 Å². The Bertz CT molecular complexity index is 392. The molecule has 0 rings (SSSR count). The molecular formula is C13H22F3NO5. The van der Waals surface area contributed by atoms with Crippen molar-refractivity contribution in [3.63, 3.8) is 0 Å². The second kappa shape index (κ2) is 7.66. The number of aliphatic carboxylic acids is 1. The van der Waals surface area contributed by atoms with Crippen LogP contribution >= 0.6 is 0 Å². The Balaban J connectivity index is 4.70. The van der Waals surface area contributed by atoms with E-state index in [9.17, 15) is 27.9 Å². The minimum atomic E-state index is -4.82. The van der Waals surface area contributed by atoms with Crippen LogP contribution in [0.2, 0.25) is 0 Å². The second-order valence-electron chi connectivity index (χ2n) is 5.84. The van der Waals surface area contributed by atoms with E-state index in [-0.39, 0.29) is 13.0 Å². The number of hydrogen-bond donors (Lipinski definition) is 2. The summed E-state index contributed by atoms with van der Waals surface area (Å²) >= 11 is 0. The van der Waals surface area contributed by atoms with Gasteiger partial charge < -0.3 is 15.2 Å². The summed E-state index contributed by atoms with van der Waals surface area (Å²) < 4.78 is 44.5. The number of halogens is 3. The zero-order valence-electron chi connectivity index (χ0n) is 13.0. The van der Waals surface area contributed by atoms with Gasteiger partial charge in [-0.3, -0.25) is 9.53 Å². The maximum atomic E-state index is 12.0. The van der Waals surface area contributed by atoms with Gasteiger partial charge in [-0.2, -0.15) is 0 Å². The standard InChI is InChI=1S/C13H22F3NO5/c1-5-12(9(18)19,6-7-21-13(14,15)16)8-17-10(20)22-11(2,3)4/h5-8H2,1-4H3,(H,17,20)(H,18,19). The predicted octanol–water partition coefficient (Wildman–Crippen LogP) is 2.92. The number of carbonyl (C=O) groups is 2. The molecule has 6 nitrogen and oxygen atoms in total. The molecule has 0 saturated heterocycles. The average molecular weight is 329 g/mol. The van der Waals surface area contributed by atoms with Crippen molar-refractivity contribution in [2.75, 3.05) is 13.2 Å². The Morgan fingerprint density at radius 3 is 2.09 bits per heavy atom. The van der Waals surface area contributed by atoms with E-state index < -0.39 is 42.5 Å². The molecule has 130 valence electrons. The van der Waals surface area contributed by atoms with Crippen molar-refractivity contribution in [1.29, 1.82) is 0 Å². The van der Waals surface area contributed by atoms with Crippen LogP contribution in [0.4, 0.5) is 18.0 Å². The summed E-state index contributed by atoms with van der Waals surface area (Å²) in [6.45, 7) is 5.25. The number of nitrogens with one attached hydrogen (secondary N) is 1. The number of alkyl halides is 3. The number of carboxylic acid groups (broad SMARTS) is 1. The van der Waals surface area contributed by atoms with Crippen LogP contribution in [-0.4, -0.2) is 42.3 Å². The zero-order valence-corrected chi connectivity index (χ0v) is 13.0. The molecule has 0 heterocycles. The van der Waals surface area contributed by atoms with Crippen LogP contribution in [0.15, 0.2) is 0 Å². The highest BCUT2D eigenvalue weighted by Gasteiger charge is 2.39. The number of ether oxygens (including phenoxy) is 2. The number of rotatable bonds is 7. The summed E-state index contributed by atoms with van der Waals surface area (Å²) in [7, 11) is 0. The van der Waals surface area contributed by atoms with Crippen LogP contribution in [0.5, 0.6) is 0 Å². The number of alkyl carbamates (subject to hydrolysis) is 1. The first-order valence-electron chi connectivity index (χ1n) is 6.72. The molecule has 0 aromatic heterocycles. The molecule has 0 aliphatic heterocycles. The smallest absolute Gasteiger partial charge is 0.481 e. The number of amides is 1. The van der Waals surface area contributed by atoms with Crippen molar-refractivity contribution in [2.45, 2.75) is 52.5 Å². The third-order valence-electron chi connectivity index (χ3n) is 2.95. The normalized spacial score (nSPS) is 15.0. The molecule has 0 aliphatic rings. The lowest BCUT2D eigenvalue weighted by Crippen LogP contribution is -2.45. The lowest BCUT2D eigenvalue weighted by atomic mass is 9.82. The fraction of sp³-hybridized carbons (Fsp3) is 0.846. The van der Waals surface area contributed by atoms with Crippen molar-refractivity contribution in [2.24, 2.45) is 5.41 Å². The molecule has 0 spiro atoms. The van der Waals surface area contributed by atoms with Gasteiger partial charge in [0.25, 0.3) is 0 Å². The molecule has 1 amide bonds. The van der Waals surface area contributed by atoms with Gasteiger partial charge in [0.15, 0.2) is 0 Å². The highest BCUT2D eigenvalue weighted by atomic mass is 19.4. The Kier molecular flexibility index (Phi) is 7.14. The number of carbonyl (C=O) groups excluding carboxylic acids is 1. The molecule has 0 aromatic carbocycles. The van der Waals surface area contributed by atoms with E-state index in [1.54, 1.807) is 20.8 Å². The van der Waals surface area contributed by atoms with E-state index in [4.69, 9.17) is 4.74 Å². The third kappa shape index (κ3) is 8.06. The van der Waals surface area contributed by atoms with Gasteiger partial charge in [-0.15, -0.1) is 13.2 Å². The molecule has 22 heavy (non-hydrogen) atoms. The monoisotopic (exact) mass is 329 g/mol. The van der Waals surface area contributed by atoms with E-state index in [1.165, 1.54) is 6.92 Å². The van der Waals surface area contributed by atoms with Gasteiger partial charge in [-0.05, 0) is 33.6 Å². The summed E-state index contributed by atoms with van der Waals surface area (Å²) in [6, 6.07) is 0. The van der Waals surface area contributed by atoms with Crippen molar-refractivity contribution < 1.29 is 37.3 Å². The lowest BCUT2D eigenvalue weighted by molar-refractivity contribution is -0.326.